The number of hydrogen-bond donors (Lipinski definition) is 1. The fraction of sp³-hybridized carbons (Fsp3) is 0.667. The van der Waals surface area contributed by atoms with Crippen LogP contribution in [0.2, 0.25) is 18.1 Å². The zero-order valence-electron chi connectivity index (χ0n) is 15.1. The molecule has 1 atom stereocenters. The van der Waals surface area contributed by atoms with Crippen molar-refractivity contribution in [2.75, 3.05) is 23.7 Å². The summed E-state index contributed by atoms with van der Waals surface area (Å²) in [5.74, 6) is 0.634. The molecule has 3 nitrogen and oxygen atoms in total. The van der Waals surface area contributed by atoms with E-state index in [1.807, 2.05) is 18.2 Å². The van der Waals surface area contributed by atoms with Crippen molar-refractivity contribution in [2.24, 2.45) is 11.3 Å². The van der Waals surface area contributed by atoms with Crippen LogP contribution in [0.15, 0.2) is 18.2 Å². The van der Waals surface area contributed by atoms with Gasteiger partial charge in [-0.15, -0.1) is 0 Å². The minimum atomic E-state index is -1.04. The van der Waals surface area contributed by atoms with Crippen molar-refractivity contribution >= 4 is 32.0 Å². The Kier molecular flexibility index (Phi) is 6.03. The number of nitrogens with two attached hydrogens (primary N) is 1. The Labute approximate surface area is 147 Å². The van der Waals surface area contributed by atoms with Crippen LogP contribution in [0.25, 0.3) is 0 Å². The van der Waals surface area contributed by atoms with Crippen molar-refractivity contribution in [3.05, 3.63) is 23.2 Å². The minimum absolute atomic E-state index is 0.198. The van der Waals surface area contributed by atoms with Crippen LogP contribution >= 0.6 is 11.6 Å². The molecule has 1 saturated heterocycles. The molecule has 2 N–H and O–H groups in total. The fourth-order valence-corrected chi connectivity index (χ4v) is 4.97. The molecule has 1 aliphatic rings. The fourth-order valence-electron chi connectivity index (χ4n) is 3.57. The van der Waals surface area contributed by atoms with Gasteiger partial charge in [-0.25, -0.2) is 0 Å². The van der Waals surface area contributed by atoms with Crippen molar-refractivity contribution in [1.82, 2.24) is 0 Å². The lowest BCUT2D eigenvalue weighted by molar-refractivity contribution is 0.0230. The highest BCUT2D eigenvalue weighted by atomic mass is 35.5. The number of hydrogen-bond acceptors (Lipinski definition) is 3. The van der Waals surface area contributed by atoms with E-state index in [2.05, 4.69) is 38.8 Å². The molecule has 0 saturated carbocycles. The Morgan fingerprint density at radius 1 is 1.26 bits per heavy atom. The molecule has 1 fully saturated rings. The Morgan fingerprint density at radius 3 is 2.35 bits per heavy atom. The molecule has 130 valence electrons. The third-order valence-electron chi connectivity index (χ3n) is 4.57. The van der Waals surface area contributed by atoms with Gasteiger partial charge in [-0.1, -0.05) is 32.4 Å². The van der Waals surface area contributed by atoms with Crippen molar-refractivity contribution in [3.8, 4) is 0 Å². The van der Waals surface area contributed by atoms with E-state index in [1.54, 1.807) is 0 Å². The van der Waals surface area contributed by atoms with Gasteiger partial charge in [0.05, 0.1) is 17.5 Å². The Balaban J connectivity index is 2.04. The molecule has 1 heterocycles. The van der Waals surface area contributed by atoms with Crippen LogP contribution in [0.1, 0.15) is 33.6 Å². The molecular weight excluding hydrogens is 324 g/mol. The molecule has 1 aliphatic heterocycles. The van der Waals surface area contributed by atoms with Gasteiger partial charge in [0.15, 0.2) is 9.04 Å². The molecule has 1 aromatic rings. The maximum Gasteiger partial charge on any atom is 0.171 e. The van der Waals surface area contributed by atoms with Gasteiger partial charge in [-0.2, -0.15) is 0 Å². The van der Waals surface area contributed by atoms with Crippen molar-refractivity contribution < 1.29 is 4.43 Å². The highest BCUT2D eigenvalue weighted by Crippen LogP contribution is 2.37. The standard InChI is InChI=1S/C18H31ClN2OSi/c1-18(2,3)17(22-23(4)5)13-8-10-21(11-9-13)16-7-6-14(19)12-15(16)20/h6-7,12-13,17,23H,8-11,20H2,1-5H3. The monoisotopic (exact) mass is 354 g/mol. The average molecular weight is 355 g/mol. The summed E-state index contributed by atoms with van der Waals surface area (Å²) in [4.78, 5) is 2.38. The predicted octanol–water partition coefficient (Wildman–Crippen LogP) is 4.55. The van der Waals surface area contributed by atoms with Crippen LogP contribution in [0.4, 0.5) is 11.4 Å². The van der Waals surface area contributed by atoms with Crippen molar-refractivity contribution in [3.63, 3.8) is 0 Å². The highest BCUT2D eigenvalue weighted by molar-refractivity contribution is 6.48. The molecule has 0 radical (unpaired) electrons. The van der Waals surface area contributed by atoms with E-state index in [-0.39, 0.29) is 5.41 Å². The third-order valence-corrected chi connectivity index (χ3v) is 5.64. The molecule has 5 heteroatoms. The Morgan fingerprint density at radius 2 is 1.87 bits per heavy atom. The lowest BCUT2D eigenvalue weighted by Crippen LogP contribution is -2.45. The second kappa shape index (κ2) is 7.45. The zero-order chi connectivity index (χ0) is 17.2. The zero-order valence-corrected chi connectivity index (χ0v) is 17.0. The number of halogens is 1. The Bertz CT molecular complexity index is 522. The van der Waals surface area contributed by atoms with Crippen LogP contribution < -0.4 is 10.6 Å². The number of rotatable bonds is 4. The van der Waals surface area contributed by atoms with E-state index in [9.17, 15) is 0 Å². The van der Waals surface area contributed by atoms with Crippen molar-refractivity contribution in [2.45, 2.75) is 52.8 Å². The summed E-state index contributed by atoms with van der Waals surface area (Å²) >= 11 is 6.01. The largest absolute Gasteiger partial charge is 0.417 e. The molecule has 1 unspecified atom stereocenters. The summed E-state index contributed by atoms with van der Waals surface area (Å²) in [5.41, 5.74) is 8.22. The van der Waals surface area contributed by atoms with Gasteiger partial charge in [0.25, 0.3) is 0 Å². The van der Waals surface area contributed by atoms with Gasteiger partial charge in [0.2, 0.25) is 0 Å². The lowest BCUT2D eigenvalue weighted by Gasteiger charge is -2.43. The number of anilines is 2. The number of nitrogen functional groups attached to an aromatic ring is 1. The summed E-state index contributed by atoms with van der Waals surface area (Å²) in [6.45, 7) is 13.5. The maximum atomic E-state index is 6.41. The molecule has 0 aliphatic carbocycles. The molecular formula is C18H31ClN2OSi. The van der Waals surface area contributed by atoms with Crippen LogP contribution in [0.3, 0.4) is 0 Å². The first-order chi connectivity index (χ1) is 10.7. The normalized spacial score (nSPS) is 18.5. The van der Waals surface area contributed by atoms with E-state index >= 15 is 0 Å². The van der Waals surface area contributed by atoms with Crippen LogP contribution in [0, 0.1) is 11.3 Å². The van der Waals surface area contributed by atoms with E-state index in [1.165, 1.54) is 0 Å². The molecule has 0 aromatic heterocycles. The third kappa shape index (κ3) is 4.88. The van der Waals surface area contributed by atoms with Crippen LogP contribution in [-0.2, 0) is 4.43 Å². The molecule has 2 rings (SSSR count). The van der Waals surface area contributed by atoms with E-state index in [0.717, 1.165) is 37.3 Å². The van der Waals surface area contributed by atoms with E-state index in [4.69, 9.17) is 21.8 Å². The first kappa shape index (κ1) is 18.6. The SMILES string of the molecule is C[SiH](C)OC(C1CCN(c2ccc(Cl)cc2N)CC1)C(C)(C)C. The first-order valence-electron chi connectivity index (χ1n) is 8.64. The molecule has 1 aromatic carbocycles. The Hall–Kier alpha value is -0.713. The average Bonchev–Trinajstić information content (AvgIpc) is 2.44. The van der Waals surface area contributed by atoms with Gasteiger partial charge in [0, 0.05) is 18.1 Å². The van der Waals surface area contributed by atoms with E-state index in [0.29, 0.717) is 17.0 Å². The summed E-state index contributed by atoms with van der Waals surface area (Å²) in [5, 5.41) is 0.698. The molecule has 0 amide bonds. The maximum absolute atomic E-state index is 6.41. The highest BCUT2D eigenvalue weighted by Gasteiger charge is 2.35. The molecule has 23 heavy (non-hydrogen) atoms. The predicted molar refractivity (Wildman–Crippen MR) is 104 cm³/mol. The van der Waals surface area contributed by atoms with E-state index < -0.39 is 9.04 Å². The van der Waals surface area contributed by atoms with Crippen LogP contribution in [-0.4, -0.2) is 28.2 Å². The minimum Gasteiger partial charge on any atom is -0.417 e. The molecule has 0 bridgehead atoms. The first-order valence-corrected chi connectivity index (χ1v) is 11.8. The molecule has 0 spiro atoms. The lowest BCUT2D eigenvalue weighted by atomic mass is 9.77. The number of piperidine rings is 1. The summed E-state index contributed by atoms with van der Waals surface area (Å²) < 4.78 is 6.41. The number of nitrogens with zero attached hydrogens (tertiary/aromatic N) is 1. The van der Waals surface area contributed by atoms with Crippen LogP contribution in [0.5, 0.6) is 0 Å². The topological polar surface area (TPSA) is 38.5 Å². The summed E-state index contributed by atoms with van der Waals surface area (Å²) in [6.07, 6.45) is 2.68. The van der Waals surface area contributed by atoms with Gasteiger partial charge in [-0.3, -0.25) is 0 Å². The smallest absolute Gasteiger partial charge is 0.171 e. The second-order valence-electron chi connectivity index (χ2n) is 8.00. The second-order valence-corrected chi connectivity index (χ2v) is 10.8. The van der Waals surface area contributed by atoms with Gasteiger partial charge < -0.3 is 15.1 Å². The van der Waals surface area contributed by atoms with Gasteiger partial charge in [0.1, 0.15) is 0 Å². The summed E-state index contributed by atoms with van der Waals surface area (Å²) in [6, 6.07) is 5.80. The number of benzene rings is 1. The van der Waals surface area contributed by atoms with Gasteiger partial charge >= 0.3 is 0 Å². The van der Waals surface area contributed by atoms with Gasteiger partial charge in [-0.05, 0) is 55.5 Å². The summed E-state index contributed by atoms with van der Waals surface area (Å²) in [7, 11) is -1.04. The quantitative estimate of drug-likeness (QED) is 0.636. The van der Waals surface area contributed by atoms with Crippen molar-refractivity contribution in [1.29, 1.82) is 0 Å².